The fraction of sp³-hybridized carbons (Fsp3) is 0.448. The quantitative estimate of drug-likeness (QED) is 0.466. The highest BCUT2D eigenvalue weighted by Gasteiger charge is 2.42. The smallest absolute Gasteiger partial charge is 0.290 e. The fourth-order valence-corrected chi connectivity index (χ4v) is 5.34. The summed E-state index contributed by atoms with van der Waals surface area (Å²) in [6.07, 6.45) is 0.801. The predicted octanol–water partition coefficient (Wildman–Crippen LogP) is 5.32. The van der Waals surface area contributed by atoms with Gasteiger partial charge in [-0.05, 0) is 47.6 Å². The first-order valence-electron chi connectivity index (χ1n) is 12.6. The van der Waals surface area contributed by atoms with Gasteiger partial charge in [-0.25, -0.2) is 0 Å². The van der Waals surface area contributed by atoms with E-state index >= 15 is 0 Å². The second-order valence-electron chi connectivity index (χ2n) is 10.9. The molecular formula is C29H33ClN2O4. The van der Waals surface area contributed by atoms with Crippen molar-refractivity contribution in [1.82, 2.24) is 9.80 Å². The zero-order valence-electron chi connectivity index (χ0n) is 21.4. The summed E-state index contributed by atoms with van der Waals surface area (Å²) in [7, 11) is 0. The zero-order valence-corrected chi connectivity index (χ0v) is 22.2. The third kappa shape index (κ3) is 4.58. The van der Waals surface area contributed by atoms with Crippen molar-refractivity contribution >= 4 is 28.5 Å². The van der Waals surface area contributed by atoms with Gasteiger partial charge in [0, 0.05) is 31.2 Å². The molecule has 0 saturated carbocycles. The maximum absolute atomic E-state index is 13.8. The lowest BCUT2D eigenvalue weighted by atomic mass is 9.86. The highest BCUT2D eigenvalue weighted by molar-refractivity contribution is 6.32. The summed E-state index contributed by atoms with van der Waals surface area (Å²) in [5.41, 5.74) is 3.52. The second kappa shape index (κ2) is 9.66. The van der Waals surface area contributed by atoms with Crippen LogP contribution in [0, 0.1) is 6.92 Å². The molecule has 2 aromatic carbocycles. The normalized spacial score (nSPS) is 18.8. The Morgan fingerprint density at radius 2 is 1.72 bits per heavy atom. The molecule has 1 amide bonds. The van der Waals surface area contributed by atoms with Crippen molar-refractivity contribution in [2.24, 2.45) is 0 Å². The Kier molecular flexibility index (Phi) is 6.70. The molecule has 1 atom stereocenters. The van der Waals surface area contributed by atoms with E-state index in [1.165, 1.54) is 5.56 Å². The predicted molar refractivity (Wildman–Crippen MR) is 142 cm³/mol. The maximum atomic E-state index is 13.8. The molecule has 1 aromatic heterocycles. The van der Waals surface area contributed by atoms with Gasteiger partial charge in [0.1, 0.15) is 5.58 Å². The number of halogens is 1. The number of morpholine rings is 1. The second-order valence-corrected chi connectivity index (χ2v) is 11.3. The van der Waals surface area contributed by atoms with E-state index in [1.807, 2.05) is 19.1 Å². The molecule has 190 valence electrons. The van der Waals surface area contributed by atoms with Crippen molar-refractivity contribution in [1.29, 1.82) is 0 Å². The van der Waals surface area contributed by atoms with E-state index in [4.69, 9.17) is 20.8 Å². The first-order valence-corrected chi connectivity index (χ1v) is 13.0. The molecule has 0 radical (unpaired) electrons. The summed E-state index contributed by atoms with van der Waals surface area (Å²) in [6, 6.07) is 11.2. The van der Waals surface area contributed by atoms with Crippen LogP contribution in [0.4, 0.5) is 0 Å². The van der Waals surface area contributed by atoms with Gasteiger partial charge in [-0.3, -0.25) is 14.5 Å². The lowest BCUT2D eigenvalue weighted by molar-refractivity contribution is 0.0353. The summed E-state index contributed by atoms with van der Waals surface area (Å²) in [5, 5.41) is 0.913. The van der Waals surface area contributed by atoms with Gasteiger partial charge in [0.2, 0.25) is 5.76 Å². The number of carbonyl (C=O) groups excluding carboxylic acids is 1. The van der Waals surface area contributed by atoms with E-state index in [0.717, 1.165) is 50.4 Å². The van der Waals surface area contributed by atoms with Gasteiger partial charge >= 0.3 is 0 Å². The summed E-state index contributed by atoms with van der Waals surface area (Å²) < 4.78 is 11.6. The molecule has 36 heavy (non-hydrogen) atoms. The van der Waals surface area contributed by atoms with Gasteiger partial charge in [0.15, 0.2) is 5.43 Å². The number of benzene rings is 2. The van der Waals surface area contributed by atoms with Gasteiger partial charge < -0.3 is 14.1 Å². The molecule has 7 heteroatoms. The van der Waals surface area contributed by atoms with E-state index in [2.05, 4.69) is 37.8 Å². The number of hydrogen-bond acceptors (Lipinski definition) is 5. The molecule has 1 unspecified atom stereocenters. The van der Waals surface area contributed by atoms with Gasteiger partial charge in [0.25, 0.3) is 5.91 Å². The molecule has 0 spiro atoms. The number of aryl methyl sites for hydroxylation is 1. The van der Waals surface area contributed by atoms with Gasteiger partial charge in [-0.1, -0.05) is 56.6 Å². The average Bonchev–Trinajstić information content (AvgIpc) is 3.12. The Morgan fingerprint density at radius 3 is 2.39 bits per heavy atom. The third-order valence-electron chi connectivity index (χ3n) is 7.32. The van der Waals surface area contributed by atoms with Crippen molar-refractivity contribution in [2.75, 3.05) is 39.4 Å². The summed E-state index contributed by atoms with van der Waals surface area (Å²) in [4.78, 5) is 31.6. The highest BCUT2D eigenvalue weighted by atomic mass is 35.5. The van der Waals surface area contributed by atoms with Gasteiger partial charge in [-0.2, -0.15) is 0 Å². The molecule has 0 bridgehead atoms. The molecule has 0 aliphatic carbocycles. The largest absolute Gasteiger partial charge is 0.450 e. The van der Waals surface area contributed by atoms with Crippen molar-refractivity contribution in [3.8, 4) is 0 Å². The van der Waals surface area contributed by atoms with Crippen LogP contribution in [0.25, 0.3) is 11.0 Å². The van der Waals surface area contributed by atoms with Crippen LogP contribution in [0.2, 0.25) is 5.02 Å². The molecule has 3 heterocycles. The first-order chi connectivity index (χ1) is 17.1. The average molecular weight is 509 g/mol. The summed E-state index contributed by atoms with van der Waals surface area (Å²) in [6.45, 7) is 13.0. The standard InChI is InChI=1S/C29H33ClN2O4/c1-18-16-23-21(17-22(18)30)26(33)24-25(19-6-8-20(9-7-19)29(2,3)4)32(28(34)27(24)36-23)11-5-10-31-12-14-35-15-13-31/h6-9,16-17,25H,5,10-15H2,1-4H3. The van der Waals surface area contributed by atoms with E-state index in [1.54, 1.807) is 17.0 Å². The summed E-state index contributed by atoms with van der Waals surface area (Å²) in [5.74, 6) is -0.0889. The van der Waals surface area contributed by atoms with Crippen molar-refractivity contribution in [3.63, 3.8) is 0 Å². The molecule has 5 rings (SSSR count). The van der Waals surface area contributed by atoms with E-state index < -0.39 is 6.04 Å². The van der Waals surface area contributed by atoms with Crippen LogP contribution in [0.1, 0.15) is 66.0 Å². The number of amides is 1. The lowest BCUT2D eigenvalue weighted by Crippen LogP contribution is -2.38. The minimum atomic E-state index is -0.494. The van der Waals surface area contributed by atoms with Crippen molar-refractivity contribution in [2.45, 2.75) is 45.6 Å². The number of rotatable bonds is 5. The van der Waals surface area contributed by atoms with E-state index in [-0.39, 0.29) is 22.5 Å². The third-order valence-corrected chi connectivity index (χ3v) is 7.72. The monoisotopic (exact) mass is 508 g/mol. The molecule has 1 saturated heterocycles. The van der Waals surface area contributed by atoms with Crippen molar-refractivity contribution in [3.05, 3.63) is 79.7 Å². The highest BCUT2D eigenvalue weighted by Crippen LogP contribution is 2.39. The van der Waals surface area contributed by atoms with Gasteiger partial charge in [0.05, 0.1) is 30.2 Å². The van der Waals surface area contributed by atoms with Crippen LogP contribution in [-0.4, -0.2) is 55.1 Å². The van der Waals surface area contributed by atoms with Crippen LogP contribution in [-0.2, 0) is 10.2 Å². The number of fused-ring (bicyclic) bond motifs is 2. The zero-order chi connectivity index (χ0) is 25.6. The Labute approximate surface area is 216 Å². The van der Waals surface area contributed by atoms with Crippen LogP contribution in [0.3, 0.4) is 0 Å². The lowest BCUT2D eigenvalue weighted by Gasteiger charge is -2.29. The molecule has 6 nitrogen and oxygen atoms in total. The SMILES string of the molecule is Cc1cc2oc3c(c(=O)c2cc1Cl)C(c1ccc(C(C)(C)C)cc1)N(CCCN1CCOCC1)C3=O. The van der Waals surface area contributed by atoms with Crippen LogP contribution in [0.15, 0.2) is 45.6 Å². The molecule has 2 aliphatic rings. The van der Waals surface area contributed by atoms with Gasteiger partial charge in [-0.15, -0.1) is 0 Å². The summed E-state index contributed by atoms with van der Waals surface area (Å²) >= 11 is 6.35. The van der Waals surface area contributed by atoms with E-state index in [0.29, 0.717) is 28.1 Å². The fourth-order valence-electron chi connectivity index (χ4n) is 5.17. The maximum Gasteiger partial charge on any atom is 0.290 e. The number of carbonyl (C=O) groups is 1. The Balaban J connectivity index is 1.56. The van der Waals surface area contributed by atoms with Crippen LogP contribution >= 0.6 is 11.6 Å². The Morgan fingerprint density at radius 1 is 1.03 bits per heavy atom. The topological polar surface area (TPSA) is 63.0 Å². The minimum absolute atomic E-state index is 0.00359. The number of hydrogen-bond donors (Lipinski definition) is 0. The molecule has 0 N–H and O–H groups in total. The number of nitrogens with zero attached hydrogens (tertiary/aromatic N) is 2. The Bertz CT molecular complexity index is 1350. The van der Waals surface area contributed by atoms with Crippen LogP contribution in [0.5, 0.6) is 0 Å². The van der Waals surface area contributed by atoms with E-state index in [9.17, 15) is 9.59 Å². The Hall–Kier alpha value is -2.67. The van der Waals surface area contributed by atoms with Crippen LogP contribution < -0.4 is 5.43 Å². The molecule has 1 fully saturated rings. The molecule has 3 aromatic rings. The minimum Gasteiger partial charge on any atom is -0.450 e. The number of ether oxygens (including phenoxy) is 1. The van der Waals surface area contributed by atoms with Crippen molar-refractivity contribution < 1.29 is 13.9 Å². The molecular weight excluding hydrogens is 476 g/mol. The first kappa shape index (κ1) is 25.0. The molecule has 2 aliphatic heterocycles.